The molecule has 2 aromatic rings. The van der Waals surface area contributed by atoms with E-state index in [2.05, 4.69) is 0 Å². The van der Waals surface area contributed by atoms with Crippen molar-refractivity contribution in [2.75, 3.05) is 11.7 Å². The first-order valence-electron chi connectivity index (χ1n) is 8.31. The molecule has 128 valence electrons. The number of aryl methyl sites for hydroxylation is 1. The Morgan fingerprint density at radius 2 is 2.04 bits per heavy atom. The normalized spacial score (nSPS) is 18.5. The maximum absolute atomic E-state index is 13.5. The van der Waals surface area contributed by atoms with E-state index in [0.29, 0.717) is 11.5 Å². The van der Waals surface area contributed by atoms with Gasteiger partial charge in [-0.1, -0.05) is 6.07 Å². The van der Waals surface area contributed by atoms with Gasteiger partial charge < -0.3 is 14.4 Å². The molecule has 2 aliphatic rings. The molecule has 1 atom stereocenters. The minimum absolute atomic E-state index is 0.0758. The summed E-state index contributed by atoms with van der Waals surface area (Å²) in [5.41, 5.74) is 2.53. The van der Waals surface area contributed by atoms with Crippen LogP contribution < -0.4 is 14.4 Å². The third-order valence-electron chi connectivity index (χ3n) is 4.63. The fourth-order valence-corrected chi connectivity index (χ4v) is 3.32. The van der Waals surface area contributed by atoms with E-state index < -0.39 is 0 Å². The zero-order chi connectivity index (χ0) is 17.4. The molecule has 2 aliphatic heterocycles. The van der Waals surface area contributed by atoms with Crippen LogP contribution in [-0.2, 0) is 11.2 Å². The number of anilines is 1. The number of ether oxygens (including phenoxy) is 2. The van der Waals surface area contributed by atoms with Gasteiger partial charge in [-0.15, -0.1) is 0 Å². The van der Waals surface area contributed by atoms with Gasteiger partial charge in [0.25, 0.3) is 5.91 Å². The predicted molar refractivity (Wildman–Crippen MR) is 93.3 cm³/mol. The summed E-state index contributed by atoms with van der Waals surface area (Å²) in [5, 5.41) is 0. The summed E-state index contributed by atoms with van der Waals surface area (Å²) in [6, 6.07) is 10.2. The fourth-order valence-electron chi connectivity index (χ4n) is 3.32. The highest BCUT2D eigenvalue weighted by molar-refractivity contribution is 6.05. The summed E-state index contributed by atoms with van der Waals surface area (Å²) < 4.78 is 24.1. The fraction of sp³-hybridized carbons (Fsp3) is 0.250. The van der Waals surface area contributed by atoms with E-state index in [9.17, 15) is 9.18 Å². The van der Waals surface area contributed by atoms with Crippen molar-refractivity contribution in [1.29, 1.82) is 0 Å². The second-order valence-corrected chi connectivity index (χ2v) is 6.32. The van der Waals surface area contributed by atoms with Crippen molar-refractivity contribution in [3.63, 3.8) is 0 Å². The summed E-state index contributed by atoms with van der Waals surface area (Å²) in [4.78, 5) is 14.5. The second kappa shape index (κ2) is 6.24. The van der Waals surface area contributed by atoms with Gasteiger partial charge in [0, 0.05) is 17.8 Å². The molecular formula is C20H18FNO3. The van der Waals surface area contributed by atoms with E-state index in [1.807, 2.05) is 25.1 Å². The minimum atomic E-state index is -0.267. The molecule has 0 aliphatic carbocycles. The Morgan fingerprint density at radius 1 is 1.20 bits per heavy atom. The Balaban J connectivity index is 1.58. The van der Waals surface area contributed by atoms with Gasteiger partial charge >= 0.3 is 0 Å². The maximum Gasteiger partial charge on any atom is 0.251 e. The number of rotatable bonds is 2. The number of carbonyl (C=O) groups is 1. The smallest absolute Gasteiger partial charge is 0.251 e. The predicted octanol–water partition coefficient (Wildman–Crippen LogP) is 3.94. The van der Waals surface area contributed by atoms with Crippen molar-refractivity contribution in [3.8, 4) is 11.5 Å². The zero-order valence-corrected chi connectivity index (χ0v) is 13.9. The van der Waals surface area contributed by atoms with E-state index in [0.717, 1.165) is 29.7 Å². The minimum Gasteiger partial charge on any atom is -0.454 e. The van der Waals surface area contributed by atoms with Crippen LogP contribution in [0, 0.1) is 5.82 Å². The van der Waals surface area contributed by atoms with E-state index in [1.165, 1.54) is 12.1 Å². The molecule has 0 saturated carbocycles. The van der Waals surface area contributed by atoms with Crippen molar-refractivity contribution in [2.24, 2.45) is 0 Å². The van der Waals surface area contributed by atoms with Crippen LogP contribution in [0.5, 0.6) is 11.5 Å². The lowest BCUT2D eigenvalue weighted by molar-refractivity contribution is -0.114. The van der Waals surface area contributed by atoms with Crippen molar-refractivity contribution in [1.82, 2.24) is 0 Å². The number of nitrogens with zero attached hydrogens (tertiary/aromatic N) is 1. The summed E-state index contributed by atoms with van der Waals surface area (Å²) in [6.45, 7) is 2.23. The molecule has 2 heterocycles. The van der Waals surface area contributed by atoms with Gasteiger partial charge in [-0.05, 0) is 67.3 Å². The van der Waals surface area contributed by atoms with E-state index >= 15 is 0 Å². The average molecular weight is 339 g/mol. The van der Waals surface area contributed by atoms with E-state index in [-0.39, 0.29) is 24.6 Å². The molecule has 4 nitrogen and oxygen atoms in total. The van der Waals surface area contributed by atoms with Gasteiger partial charge in [-0.3, -0.25) is 4.79 Å². The van der Waals surface area contributed by atoms with Crippen molar-refractivity contribution >= 4 is 17.7 Å². The van der Waals surface area contributed by atoms with Gasteiger partial charge in [-0.25, -0.2) is 4.39 Å². The molecule has 0 saturated heterocycles. The topological polar surface area (TPSA) is 38.8 Å². The standard InChI is InChI=1S/C20H18FNO3/c1-13-2-5-15-11-16(21)6-7-17(15)22(13)20(23)9-4-14-3-8-18-19(10-14)25-12-24-18/h3-4,6-11,13H,2,5,12H2,1H3/b9-4+/t13-/m0/s1. The number of hydrogen-bond donors (Lipinski definition) is 0. The number of carbonyl (C=O) groups excluding carboxylic acids is 1. The Bertz CT molecular complexity index is 862. The summed E-state index contributed by atoms with van der Waals surface area (Å²) >= 11 is 0. The van der Waals surface area contributed by atoms with E-state index in [4.69, 9.17) is 9.47 Å². The van der Waals surface area contributed by atoms with Crippen LogP contribution in [0.3, 0.4) is 0 Å². The Labute approximate surface area is 145 Å². The van der Waals surface area contributed by atoms with Gasteiger partial charge in [0.1, 0.15) is 5.82 Å². The van der Waals surface area contributed by atoms with Crippen molar-refractivity contribution in [2.45, 2.75) is 25.8 Å². The maximum atomic E-state index is 13.5. The third-order valence-corrected chi connectivity index (χ3v) is 4.63. The Morgan fingerprint density at radius 3 is 2.92 bits per heavy atom. The molecule has 25 heavy (non-hydrogen) atoms. The van der Waals surface area contributed by atoms with Crippen LogP contribution in [0.1, 0.15) is 24.5 Å². The van der Waals surface area contributed by atoms with Gasteiger partial charge in [0.05, 0.1) is 0 Å². The van der Waals surface area contributed by atoms with Crippen LogP contribution >= 0.6 is 0 Å². The molecule has 0 N–H and O–H groups in total. The monoisotopic (exact) mass is 339 g/mol. The van der Waals surface area contributed by atoms with Crippen LogP contribution in [0.25, 0.3) is 6.08 Å². The second-order valence-electron chi connectivity index (χ2n) is 6.32. The lowest BCUT2D eigenvalue weighted by Gasteiger charge is -2.34. The quantitative estimate of drug-likeness (QED) is 0.778. The lowest BCUT2D eigenvalue weighted by atomic mass is 9.96. The van der Waals surface area contributed by atoms with Gasteiger partial charge in [0.2, 0.25) is 6.79 Å². The molecule has 0 fully saturated rings. The molecular weight excluding hydrogens is 321 g/mol. The van der Waals surface area contributed by atoms with Crippen LogP contribution in [0.4, 0.5) is 10.1 Å². The first-order chi connectivity index (χ1) is 12.1. The number of benzene rings is 2. The molecule has 0 radical (unpaired) electrons. The van der Waals surface area contributed by atoms with Crippen molar-refractivity contribution < 1.29 is 18.7 Å². The number of fused-ring (bicyclic) bond motifs is 2. The molecule has 0 unspecified atom stereocenters. The van der Waals surface area contributed by atoms with E-state index in [1.54, 1.807) is 23.1 Å². The molecule has 0 spiro atoms. The summed E-state index contributed by atoms with van der Waals surface area (Å²) in [6.07, 6.45) is 4.91. The Hall–Kier alpha value is -2.82. The summed E-state index contributed by atoms with van der Waals surface area (Å²) in [7, 11) is 0. The van der Waals surface area contributed by atoms with Crippen molar-refractivity contribution in [3.05, 3.63) is 59.4 Å². The molecule has 2 aromatic carbocycles. The number of halogens is 1. The molecule has 4 rings (SSSR count). The number of hydrogen-bond acceptors (Lipinski definition) is 3. The SMILES string of the molecule is C[C@H]1CCc2cc(F)ccc2N1C(=O)/C=C/c1ccc2c(c1)OCO2. The molecule has 1 amide bonds. The zero-order valence-electron chi connectivity index (χ0n) is 13.9. The van der Waals surface area contributed by atoms with Gasteiger partial charge in [0.15, 0.2) is 11.5 Å². The Kier molecular flexibility index (Phi) is 3.92. The van der Waals surface area contributed by atoms with Crippen LogP contribution in [0.2, 0.25) is 0 Å². The highest BCUT2D eigenvalue weighted by Crippen LogP contribution is 2.33. The molecule has 5 heteroatoms. The average Bonchev–Trinajstić information content (AvgIpc) is 3.07. The largest absolute Gasteiger partial charge is 0.454 e. The first-order valence-corrected chi connectivity index (χ1v) is 8.31. The molecule has 0 bridgehead atoms. The number of amides is 1. The lowest BCUT2D eigenvalue weighted by Crippen LogP contribution is -2.41. The third kappa shape index (κ3) is 2.97. The highest BCUT2D eigenvalue weighted by atomic mass is 19.1. The summed E-state index contributed by atoms with van der Waals surface area (Å²) in [5.74, 6) is 1.01. The first kappa shape index (κ1) is 15.7. The molecule has 0 aromatic heterocycles. The van der Waals surface area contributed by atoms with Crippen LogP contribution in [-0.4, -0.2) is 18.7 Å². The van der Waals surface area contributed by atoms with Gasteiger partial charge in [-0.2, -0.15) is 0 Å². The van der Waals surface area contributed by atoms with Crippen LogP contribution in [0.15, 0.2) is 42.5 Å². The highest BCUT2D eigenvalue weighted by Gasteiger charge is 2.27.